The monoisotopic (exact) mass is 355 g/mol. The molecule has 23 heavy (non-hydrogen) atoms. The molecule has 0 atom stereocenters. The fourth-order valence-electron chi connectivity index (χ4n) is 2.12. The van der Waals surface area contributed by atoms with Crippen LogP contribution >= 0.6 is 22.9 Å². The highest BCUT2D eigenvalue weighted by molar-refractivity contribution is 7.21. The van der Waals surface area contributed by atoms with E-state index in [9.17, 15) is 4.79 Å². The highest BCUT2D eigenvalue weighted by atomic mass is 35.5. The quantitative estimate of drug-likeness (QED) is 0.674. The van der Waals surface area contributed by atoms with E-state index >= 15 is 0 Å². The summed E-state index contributed by atoms with van der Waals surface area (Å²) in [6.07, 6.45) is 3.00. The fourth-order valence-corrected chi connectivity index (χ4v) is 3.53. The first-order valence-corrected chi connectivity index (χ1v) is 8.98. The number of methoxy groups -OCH3 is 1. The Hall–Kier alpha value is -1.30. The van der Waals surface area contributed by atoms with Gasteiger partial charge in [0.05, 0.1) is 12.1 Å². The lowest BCUT2D eigenvalue weighted by Crippen LogP contribution is -2.24. The molecule has 6 heteroatoms. The molecule has 2 aromatic rings. The maximum atomic E-state index is 12.3. The summed E-state index contributed by atoms with van der Waals surface area (Å²) in [5, 5.41) is 4.23. The zero-order valence-corrected chi connectivity index (χ0v) is 15.1. The Kier molecular flexibility index (Phi) is 7.15. The number of ether oxygens (including phenoxy) is 2. The standard InChI is InChI=1S/C17H22ClNO3S/c1-3-4-9-22-10-5-8-19-17(20)16-15(18)13-11-12(21-2)6-7-14(13)23-16/h6-7,11H,3-5,8-10H2,1-2H3,(H,19,20). The van der Waals surface area contributed by atoms with Gasteiger partial charge in [0.2, 0.25) is 0 Å². The summed E-state index contributed by atoms with van der Waals surface area (Å²) in [5.74, 6) is 0.595. The Morgan fingerprint density at radius 1 is 1.30 bits per heavy atom. The van der Waals surface area contributed by atoms with Crippen LogP contribution in [0.2, 0.25) is 5.02 Å². The number of hydrogen-bond donors (Lipinski definition) is 1. The van der Waals surface area contributed by atoms with Crippen molar-refractivity contribution in [3.63, 3.8) is 0 Å². The Morgan fingerprint density at radius 2 is 2.09 bits per heavy atom. The summed E-state index contributed by atoms with van der Waals surface area (Å²) in [5.41, 5.74) is 0. The molecule has 0 unspecified atom stereocenters. The molecule has 0 spiro atoms. The van der Waals surface area contributed by atoms with Crippen molar-refractivity contribution < 1.29 is 14.3 Å². The molecule has 1 aromatic carbocycles. The molecule has 1 N–H and O–H groups in total. The zero-order valence-electron chi connectivity index (χ0n) is 13.5. The maximum Gasteiger partial charge on any atom is 0.262 e. The van der Waals surface area contributed by atoms with Crippen molar-refractivity contribution in [2.24, 2.45) is 0 Å². The highest BCUT2D eigenvalue weighted by Gasteiger charge is 2.17. The predicted octanol–water partition coefficient (Wildman–Crippen LogP) is 4.50. The average molecular weight is 356 g/mol. The number of unbranched alkanes of at least 4 members (excludes halogenated alkanes) is 1. The second-order valence-electron chi connectivity index (χ2n) is 5.18. The minimum Gasteiger partial charge on any atom is -0.497 e. The normalized spacial score (nSPS) is 10.9. The molecule has 1 aromatic heterocycles. The van der Waals surface area contributed by atoms with Gasteiger partial charge in [-0.1, -0.05) is 24.9 Å². The number of benzene rings is 1. The van der Waals surface area contributed by atoms with Gasteiger partial charge in [0, 0.05) is 29.8 Å². The third-order valence-corrected chi connectivity index (χ3v) is 5.11. The van der Waals surface area contributed by atoms with Crippen LogP contribution in [0, 0.1) is 0 Å². The van der Waals surface area contributed by atoms with Gasteiger partial charge in [-0.3, -0.25) is 4.79 Å². The number of halogens is 1. The second-order valence-corrected chi connectivity index (χ2v) is 6.61. The van der Waals surface area contributed by atoms with Gasteiger partial charge in [0.15, 0.2) is 0 Å². The molecule has 1 amide bonds. The SMILES string of the molecule is CCCCOCCCNC(=O)c1sc2ccc(OC)cc2c1Cl. The molecular formula is C17H22ClNO3S. The van der Waals surface area contributed by atoms with E-state index in [0.29, 0.717) is 23.1 Å². The van der Waals surface area contributed by atoms with Crippen LogP contribution in [0.3, 0.4) is 0 Å². The van der Waals surface area contributed by atoms with Gasteiger partial charge in [-0.2, -0.15) is 0 Å². The smallest absolute Gasteiger partial charge is 0.262 e. The summed E-state index contributed by atoms with van der Waals surface area (Å²) >= 11 is 7.74. The molecule has 0 saturated carbocycles. The van der Waals surface area contributed by atoms with E-state index in [1.54, 1.807) is 7.11 Å². The van der Waals surface area contributed by atoms with Crippen LogP contribution in [0.25, 0.3) is 10.1 Å². The number of nitrogens with one attached hydrogen (secondary N) is 1. The summed E-state index contributed by atoms with van der Waals surface area (Å²) in [6.45, 7) is 4.17. The summed E-state index contributed by atoms with van der Waals surface area (Å²) in [7, 11) is 1.61. The first kappa shape index (κ1) is 18.0. The molecule has 1 heterocycles. The lowest BCUT2D eigenvalue weighted by Gasteiger charge is -2.05. The molecule has 4 nitrogen and oxygen atoms in total. The topological polar surface area (TPSA) is 47.6 Å². The van der Waals surface area contributed by atoms with Crippen LogP contribution in [0.5, 0.6) is 5.75 Å². The summed E-state index contributed by atoms with van der Waals surface area (Å²) in [4.78, 5) is 12.8. The fraction of sp³-hybridized carbons (Fsp3) is 0.471. The van der Waals surface area contributed by atoms with E-state index in [4.69, 9.17) is 21.1 Å². The lowest BCUT2D eigenvalue weighted by molar-refractivity contribution is 0.0944. The van der Waals surface area contributed by atoms with Crippen LogP contribution in [-0.4, -0.2) is 32.8 Å². The molecule has 0 aliphatic carbocycles. The van der Waals surface area contributed by atoms with Crippen molar-refractivity contribution >= 4 is 38.9 Å². The second kappa shape index (κ2) is 9.11. The van der Waals surface area contributed by atoms with Crippen molar-refractivity contribution in [3.8, 4) is 5.75 Å². The largest absolute Gasteiger partial charge is 0.497 e. The molecule has 0 radical (unpaired) electrons. The van der Waals surface area contributed by atoms with Crippen molar-refractivity contribution in [1.82, 2.24) is 5.32 Å². The first-order chi connectivity index (χ1) is 11.2. The van der Waals surface area contributed by atoms with E-state index < -0.39 is 0 Å². The van der Waals surface area contributed by atoms with Gasteiger partial charge in [-0.25, -0.2) is 0 Å². The molecule has 2 rings (SSSR count). The minimum absolute atomic E-state index is 0.135. The Bertz CT molecular complexity index is 657. The Morgan fingerprint density at radius 3 is 2.83 bits per heavy atom. The summed E-state index contributed by atoms with van der Waals surface area (Å²) < 4.78 is 11.6. The van der Waals surface area contributed by atoms with Gasteiger partial charge < -0.3 is 14.8 Å². The van der Waals surface area contributed by atoms with Crippen LogP contribution in [0.4, 0.5) is 0 Å². The summed E-state index contributed by atoms with van der Waals surface area (Å²) in [6, 6.07) is 5.64. The minimum atomic E-state index is -0.135. The van der Waals surface area contributed by atoms with Gasteiger partial charge in [-0.15, -0.1) is 11.3 Å². The van der Waals surface area contributed by atoms with Crippen LogP contribution in [0.15, 0.2) is 18.2 Å². The van der Waals surface area contributed by atoms with Gasteiger partial charge in [0.1, 0.15) is 10.6 Å². The van der Waals surface area contributed by atoms with Crippen LogP contribution in [-0.2, 0) is 4.74 Å². The average Bonchev–Trinajstić information content (AvgIpc) is 2.90. The molecule has 126 valence electrons. The predicted molar refractivity (Wildman–Crippen MR) is 96.1 cm³/mol. The van der Waals surface area contributed by atoms with Crippen LogP contribution in [0.1, 0.15) is 35.9 Å². The van der Waals surface area contributed by atoms with Crippen molar-refractivity contribution in [2.75, 3.05) is 26.9 Å². The number of amides is 1. The van der Waals surface area contributed by atoms with Gasteiger partial charge in [-0.05, 0) is 31.0 Å². The van der Waals surface area contributed by atoms with Crippen molar-refractivity contribution in [1.29, 1.82) is 0 Å². The Balaban J connectivity index is 1.89. The van der Waals surface area contributed by atoms with E-state index in [2.05, 4.69) is 12.2 Å². The molecule has 0 fully saturated rings. The number of rotatable bonds is 9. The lowest BCUT2D eigenvalue weighted by atomic mass is 10.2. The number of thiophene rings is 1. The number of carbonyl (C=O) groups excluding carboxylic acids is 1. The van der Waals surface area contributed by atoms with E-state index in [-0.39, 0.29) is 5.91 Å². The zero-order chi connectivity index (χ0) is 16.7. The van der Waals surface area contributed by atoms with Gasteiger partial charge in [0.25, 0.3) is 5.91 Å². The Labute approximate surface area is 145 Å². The van der Waals surface area contributed by atoms with Crippen LogP contribution < -0.4 is 10.1 Å². The molecular weight excluding hydrogens is 334 g/mol. The molecule has 0 bridgehead atoms. The number of fused-ring (bicyclic) bond motifs is 1. The van der Waals surface area contributed by atoms with Crippen molar-refractivity contribution in [3.05, 3.63) is 28.1 Å². The van der Waals surface area contributed by atoms with E-state index in [0.717, 1.165) is 41.7 Å². The number of carbonyl (C=O) groups is 1. The third-order valence-electron chi connectivity index (χ3n) is 3.43. The third kappa shape index (κ3) is 4.83. The van der Waals surface area contributed by atoms with E-state index in [1.165, 1.54) is 11.3 Å². The molecule has 0 saturated heterocycles. The first-order valence-electron chi connectivity index (χ1n) is 7.79. The van der Waals surface area contributed by atoms with E-state index in [1.807, 2.05) is 18.2 Å². The highest BCUT2D eigenvalue weighted by Crippen LogP contribution is 2.37. The molecule has 0 aliphatic rings. The number of hydrogen-bond acceptors (Lipinski definition) is 4. The molecule has 0 aliphatic heterocycles. The maximum absolute atomic E-state index is 12.3. The van der Waals surface area contributed by atoms with Gasteiger partial charge >= 0.3 is 0 Å². The van der Waals surface area contributed by atoms with Crippen molar-refractivity contribution in [2.45, 2.75) is 26.2 Å².